The van der Waals surface area contributed by atoms with Crippen molar-refractivity contribution in [2.24, 2.45) is 7.05 Å². The lowest BCUT2D eigenvalue weighted by atomic mass is 9.93. The summed E-state index contributed by atoms with van der Waals surface area (Å²) in [4.78, 5) is 26.4. The second-order valence-corrected chi connectivity index (χ2v) is 6.46. The Bertz CT molecular complexity index is 794. The maximum atomic E-state index is 12.8. The van der Waals surface area contributed by atoms with Crippen LogP contribution in [0.25, 0.3) is 0 Å². The number of rotatable bonds is 2. The molecule has 0 radical (unpaired) electrons. The van der Waals surface area contributed by atoms with Crippen molar-refractivity contribution >= 4 is 5.91 Å². The van der Waals surface area contributed by atoms with E-state index >= 15 is 0 Å². The number of amides is 1. The standard InChI is InChI=1S/C19H22N2O2/c1-13-6-4-5-7-17(13)16-10-14(2)21(12-16)19(23)15-8-9-20(3)18(22)11-15/h4-9,11,14,16H,10,12H2,1-3H3/t14-,16+/m0/s1. The van der Waals surface area contributed by atoms with Crippen molar-refractivity contribution in [3.63, 3.8) is 0 Å². The molecule has 0 saturated carbocycles. The van der Waals surface area contributed by atoms with Crippen LogP contribution in [0, 0.1) is 6.92 Å². The van der Waals surface area contributed by atoms with Gasteiger partial charge in [-0.2, -0.15) is 0 Å². The third-order valence-corrected chi connectivity index (χ3v) is 4.82. The Balaban J connectivity index is 1.84. The average Bonchev–Trinajstić information content (AvgIpc) is 2.91. The summed E-state index contributed by atoms with van der Waals surface area (Å²) in [6.45, 7) is 4.91. The number of benzene rings is 1. The molecule has 1 aliphatic rings. The van der Waals surface area contributed by atoms with Crippen molar-refractivity contribution in [2.45, 2.75) is 32.2 Å². The molecule has 1 aromatic heterocycles. The third kappa shape index (κ3) is 2.93. The zero-order valence-electron chi connectivity index (χ0n) is 13.8. The molecule has 120 valence electrons. The van der Waals surface area contributed by atoms with Crippen molar-refractivity contribution in [2.75, 3.05) is 6.54 Å². The highest BCUT2D eigenvalue weighted by Gasteiger charge is 2.34. The van der Waals surface area contributed by atoms with Crippen LogP contribution in [-0.4, -0.2) is 28.0 Å². The second kappa shape index (κ2) is 6.03. The molecule has 0 spiro atoms. The molecule has 23 heavy (non-hydrogen) atoms. The summed E-state index contributed by atoms with van der Waals surface area (Å²) in [6.07, 6.45) is 2.61. The molecule has 1 saturated heterocycles. The Kier molecular flexibility index (Phi) is 4.07. The number of hydrogen-bond acceptors (Lipinski definition) is 2. The van der Waals surface area contributed by atoms with Gasteiger partial charge in [-0.3, -0.25) is 9.59 Å². The predicted octanol–water partition coefficient (Wildman–Crippen LogP) is 2.71. The lowest BCUT2D eigenvalue weighted by molar-refractivity contribution is 0.0745. The molecule has 1 fully saturated rings. The Morgan fingerprint density at radius 2 is 1.96 bits per heavy atom. The van der Waals surface area contributed by atoms with Crippen molar-refractivity contribution in [3.05, 3.63) is 69.6 Å². The molecular formula is C19H22N2O2. The predicted molar refractivity (Wildman–Crippen MR) is 90.7 cm³/mol. The average molecular weight is 310 g/mol. The maximum Gasteiger partial charge on any atom is 0.254 e. The first-order chi connectivity index (χ1) is 11.0. The molecule has 2 heterocycles. The SMILES string of the molecule is Cc1ccccc1[C@@H]1C[C@H](C)N(C(=O)c2ccn(C)c(=O)c2)C1. The highest BCUT2D eigenvalue weighted by atomic mass is 16.2. The molecule has 2 atom stereocenters. The van der Waals surface area contributed by atoms with Crippen molar-refractivity contribution in [1.82, 2.24) is 9.47 Å². The summed E-state index contributed by atoms with van der Waals surface area (Å²) in [6, 6.07) is 11.7. The van der Waals surface area contributed by atoms with Gasteiger partial charge in [0.25, 0.3) is 11.5 Å². The van der Waals surface area contributed by atoms with Crippen LogP contribution in [0.4, 0.5) is 0 Å². The van der Waals surface area contributed by atoms with Gasteiger partial charge in [0.2, 0.25) is 0 Å². The molecular weight excluding hydrogens is 288 g/mol. The smallest absolute Gasteiger partial charge is 0.254 e. The molecule has 0 unspecified atom stereocenters. The first kappa shape index (κ1) is 15.5. The highest BCUT2D eigenvalue weighted by molar-refractivity contribution is 5.94. The minimum absolute atomic E-state index is 0.0497. The molecule has 0 aliphatic carbocycles. The van der Waals surface area contributed by atoms with Gasteiger partial charge in [-0.25, -0.2) is 0 Å². The molecule has 4 nitrogen and oxygen atoms in total. The minimum Gasteiger partial charge on any atom is -0.335 e. The van der Waals surface area contributed by atoms with Crippen LogP contribution >= 0.6 is 0 Å². The van der Waals surface area contributed by atoms with E-state index in [4.69, 9.17) is 0 Å². The summed E-state index contributed by atoms with van der Waals surface area (Å²) in [5.41, 5.74) is 2.91. The fraction of sp³-hybridized carbons (Fsp3) is 0.368. The first-order valence-electron chi connectivity index (χ1n) is 8.00. The van der Waals surface area contributed by atoms with Gasteiger partial charge < -0.3 is 9.47 Å². The second-order valence-electron chi connectivity index (χ2n) is 6.46. The number of likely N-dealkylation sites (tertiary alicyclic amines) is 1. The molecule has 2 aromatic rings. The van der Waals surface area contributed by atoms with Crippen LogP contribution in [-0.2, 0) is 7.05 Å². The lowest BCUT2D eigenvalue weighted by Crippen LogP contribution is -2.34. The maximum absolute atomic E-state index is 12.8. The number of carbonyl (C=O) groups excluding carboxylic acids is 1. The van der Waals surface area contributed by atoms with Crippen LogP contribution in [0.5, 0.6) is 0 Å². The Labute approximate surface area is 136 Å². The quantitative estimate of drug-likeness (QED) is 0.856. The number of carbonyl (C=O) groups is 1. The van der Waals surface area contributed by atoms with Crippen LogP contribution in [0.2, 0.25) is 0 Å². The van der Waals surface area contributed by atoms with Crippen molar-refractivity contribution < 1.29 is 4.79 Å². The molecule has 3 rings (SSSR count). The highest BCUT2D eigenvalue weighted by Crippen LogP contribution is 2.33. The number of hydrogen-bond donors (Lipinski definition) is 0. The number of aromatic nitrogens is 1. The van der Waals surface area contributed by atoms with Gasteiger partial charge in [-0.05, 0) is 37.5 Å². The Hall–Kier alpha value is -2.36. The molecule has 1 amide bonds. The number of pyridine rings is 1. The van der Waals surface area contributed by atoms with Gasteiger partial charge in [0.15, 0.2) is 0 Å². The van der Waals surface area contributed by atoms with Crippen molar-refractivity contribution in [1.29, 1.82) is 0 Å². The summed E-state index contributed by atoms with van der Waals surface area (Å²) in [7, 11) is 1.68. The Morgan fingerprint density at radius 1 is 1.22 bits per heavy atom. The van der Waals surface area contributed by atoms with E-state index < -0.39 is 0 Å². The summed E-state index contributed by atoms with van der Waals surface area (Å²) in [5, 5.41) is 0. The van der Waals surface area contributed by atoms with E-state index in [0.29, 0.717) is 18.0 Å². The lowest BCUT2D eigenvalue weighted by Gasteiger charge is -2.21. The molecule has 0 bridgehead atoms. The van der Waals surface area contributed by atoms with Crippen LogP contribution in [0.15, 0.2) is 47.4 Å². The van der Waals surface area contributed by atoms with E-state index in [1.807, 2.05) is 11.0 Å². The van der Waals surface area contributed by atoms with E-state index in [0.717, 1.165) is 6.42 Å². The zero-order chi connectivity index (χ0) is 16.6. The fourth-order valence-electron chi connectivity index (χ4n) is 3.43. The topological polar surface area (TPSA) is 42.3 Å². The van der Waals surface area contributed by atoms with Gasteiger partial charge in [0.1, 0.15) is 0 Å². The molecule has 0 N–H and O–H groups in total. The number of aryl methyl sites for hydroxylation is 2. The van der Waals surface area contributed by atoms with E-state index in [-0.39, 0.29) is 17.5 Å². The van der Waals surface area contributed by atoms with Crippen LogP contribution < -0.4 is 5.56 Å². The van der Waals surface area contributed by atoms with Gasteiger partial charge in [-0.1, -0.05) is 24.3 Å². The van der Waals surface area contributed by atoms with Crippen LogP contribution in [0.1, 0.15) is 40.7 Å². The van der Waals surface area contributed by atoms with Gasteiger partial charge in [0.05, 0.1) is 0 Å². The monoisotopic (exact) mass is 310 g/mol. The third-order valence-electron chi connectivity index (χ3n) is 4.82. The summed E-state index contributed by atoms with van der Waals surface area (Å²) < 4.78 is 1.47. The van der Waals surface area contributed by atoms with E-state index in [1.54, 1.807) is 19.3 Å². The van der Waals surface area contributed by atoms with Gasteiger partial charge in [-0.15, -0.1) is 0 Å². The summed E-state index contributed by atoms with van der Waals surface area (Å²) >= 11 is 0. The molecule has 4 heteroatoms. The van der Waals surface area contributed by atoms with Crippen molar-refractivity contribution in [3.8, 4) is 0 Å². The first-order valence-corrected chi connectivity index (χ1v) is 8.00. The van der Waals surface area contributed by atoms with Gasteiger partial charge in [0, 0.05) is 43.4 Å². The largest absolute Gasteiger partial charge is 0.335 e. The summed E-state index contributed by atoms with van der Waals surface area (Å²) in [5.74, 6) is 0.313. The molecule has 1 aliphatic heterocycles. The van der Waals surface area contributed by atoms with E-state index in [9.17, 15) is 9.59 Å². The van der Waals surface area contributed by atoms with Gasteiger partial charge >= 0.3 is 0 Å². The van der Waals surface area contributed by atoms with E-state index in [1.165, 1.54) is 21.8 Å². The van der Waals surface area contributed by atoms with Crippen LogP contribution in [0.3, 0.4) is 0 Å². The number of nitrogens with zero attached hydrogens (tertiary/aromatic N) is 2. The van der Waals surface area contributed by atoms with E-state index in [2.05, 4.69) is 32.0 Å². The minimum atomic E-state index is -0.154. The Morgan fingerprint density at radius 3 is 2.65 bits per heavy atom. The fourth-order valence-corrected chi connectivity index (χ4v) is 3.43. The zero-order valence-corrected chi connectivity index (χ0v) is 13.8. The normalized spacial score (nSPS) is 20.7. The molecule has 1 aromatic carbocycles.